The lowest BCUT2D eigenvalue weighted by molar-refractivity contribution is 0.165. The molecule has 0 N–H and O–H groups in total. The van der Waals surface area contributed by atoms with Gasteiger partial charge in [0, 0.05) is 0 Å². The third-order valence-electron chi connectivity index (χ3n) is 7.50. The number of hydrogen-bond donors (Lipinski definition) is 0. The van der Waals surface area contributed by atoms with Crippen molar-refractivity contribution in [3.8, 4) is 0 Å². The summed E-state index contributed by atoms with van der Waals surface area (Å²) in [6, 6.07) is 9.29. The second-order valence-electron chi connectivity index (χ2n) is 9.96. The van der Waals surface area contributed by atoms with Crippen molar-refractivity contribution < 1.29 is 0 Å². The smallest absolute Gasteiger partial charge is 0.0162 e. The van der Waals surface area contributed by atoms with Crippen molar-refractivity contribution in [1.82, 2.24) is 0 Å². The lowest BCUT2D eigenvalue weighted by Gasteiger charge is -2.37. The molecule has 0 bridgehead atoms. The first kappa shape index (κ1) is 23.5. The normalized spacial score (nSPS) is 27.7. The fourth-order valence-corrected chi connectivity index (χ4v) is 5.37. The van der Waals surface area contributed by atoms with E-state index in [1.807, 2.05) is 0 Å². The van der Waals surface area contributed by atoms with Gasteiger partial charge in [-0.1, -0.05) is 102 Å². The number of aryl methyl sites for hydroxylation is 1. The van der Waals surface area contributed by atoms with E-state index in [0.717, 1.165) is 23.7 Å². The van der Waals surface area contributed by atoms with Crippen LogP contribution in [0, 0.1) is 24.7 Å². The first-order valence-corrected chi connectivity index (χ1v) is 12.7. The van der Waals surface area contributed by atoms with Gasteiger partial charge in [0.15, 0.2) is 0 Å². The van der Waals surface area contributed by atoms with Crippen LogP contribution in [0.15, 0.2) is 24.3 Å². The molecule has 1 aromatic rings. The third-order valence-corrected chi connectivity index (χ3v) is 7.50. The number of rotatable bonds is 7. The van der Waals surface area contributed by atoms with E-state index < -0.39 is 0 Å². The van der Waals surface area contributed by atoms with Gasteiger partial charge in [-0.05, 0) is 74.7 Å². The van der Waals surface area contributed by atoms with Crippen LogP contribution in [0.2, 0.25) is 0 Å². The summed E-state index contributed by atoms with van der Waals surface area (Å²) < 4.78 is 0. The van der Waals surface area contributed by atoms with E-state index in [0.29, 0.717) is 0 Å². The van der Waals surface area contributed by atoms with E-state index in [1.54, 1.807) is 5.56 Å². The van der Waals surface area contributed by atoms with E-state index in [2.05, 4.69) is 52.0 Å². The zero-order valence-electron chi connectivity index (χ0n) is 19.5. The van der Waals surface area contributed by atoms with E-state index in [-0.39, 0.29) is 0 Å². The predicted octanol–water partition coefficient (Wildman–Crippen LogP) is 9.46. The van der Waals surface area contributed by atoms with Gasteiger partial charge in [0.05, 0.1) is 0 Å². The molecule has 3 rings (SSSR count). The topological polar surface area (TPSA) is 0 Å². The third kappa shape index (κ3) is 8.30. The summed E-state index contributed by atoms with van der Waals surface area (Å²) in [5, 5.41) is 0. The second-order valence-corrected chi connectivity index (χ2v) is 9.96. The van der Waals surface area contributed by atoms with Crippen molar-refractivity contribution in [2.75, 3.05) is 0 Å². The molecule has 0 amide bonds. The molecule has 0 nitrogen and oxygen atoms in total. The van der Waals surface area contributed by atoms with Crippen LogP contribution in [-0.2, 0) is 0 Å². The van der Waals surface area contributed by atoms with Gasteiger partial charge in [0.2, 0.25) is 0 Å². The molecule has 0 heterocycles. The molecule has 0 aliphatic heterocycles. The Bertz CT molecular complexity index is 477. The van der Waals surface area contributed by atoms with Crippen LogP contribution >= 0.6 is 0 Å². The Kier molecular flexibility index (Phi) is 11.3. The minimum absolute atomic E-state index is 0.842. The zero-order chi connectivity index (χ0) is 20.2. The Labute approximate surface area is 176 Å². The Morgan fingerprint density at radius 3 is 1.57 bits per heavy atom. The summed E-state index contributed by atoms with van der Waals surface area (Å²) >= 11 is 0. The minimum atomic E-state index is 0.842. The highest BCUT2D eigenvalue weighted by molar-refractivity contribution is 5.24. The highest BCUT2D eigenvalue weighted by Gasteiger charge is 2.30. The molecule has 0 aromatic heterocycles. The monoisotopic (exact) mass is 384 g/mol. The Balaban J connectivity index is 0.000000300. The van der Waals surface area contributed by atoms with E-state index in [9.17, 15) is 0 Å². The van der Waals surface area contributed by atoms with Crippen molar-refractivity contribution in [1.29, 1.82) is 0 Å². The van der Waals surface area contributed by atoms with Crippen LogP contribution in [-0.4, -0.2) is 0 Å². The molecule has 0 spiro atoms. The van der Waals surface area contributed by atoms with Crippen LogP contribution in [0.5, 0.6) is 0 Å². The summed E-state index contributed by atoms with van der Waals surface area (Å²) in [6.07, 6.45) is 20.3. The first-order valence-electron chi connectivity index (χ1n) is 12.7. The largest absolute Gasteiger partial charge is 0.0654 e. The van der Waals surface area contributed by atoms with Crippen molar-refractivity contribution in [2.45, 2.75) is 124 Å². The Hall–Kier alpha value is -0.780. The zero-order valence-corrected chi connectivity index (χ0v) is 19.5. The van der Waals surface area contributed by atoms with Crippen molar-refractivity contribution >= 4 is 0 Å². The molecule has 0 unspecified atom stereocenters. The molecule has 1 aromatic carbocycles. The molecule has 0 radical (unpaired) electrons. The summed E-state index contributed by atoms with van der Waals surface area (Å²) in [6.45, 7) is 9.13. The Morgan fingerprint density at radius 1 is 0.643 bits per heavy atom. The standard InChI is InChI=1S/C20H30.C8H18/c1-15-3-7-17(8-4-15)19-11-13-20(14-12-19)18-9-5-16(2)6-10-18;1-3-5-7-8-6-4-2/h3-4,7-8,16,18-20H,5-6,9-14H2,1-2H3;3-8H2,1-2H3. The Morgan fingerprint density at radius 2 is 1.11 bits per heavy atom. The molecule has 28 heavy (non-hydrogen) atoms. The van der Waals surface area contributed by atoms with Gasteiger partial charge in [-0.3, -0.25) is 0 Å². The fraction of sp³-hybridized carbons (Fsp3) is 0.786. The molecular formula is C28H48. The van der Waals surface area contributed by atoms with Crippen LogP contribution < -0.4 is 0 Å². The summed E-state index contributed by atoms with van der Waals surface area (Å²) in [5.41, 5.74) is 2.98. The average molecular weight is 385 g/mol. The van der Waals surface area contributed by atoms with Crippen molar-refractivity contribution in [3.63, 3.8) is 0 Å². The van der Waals surface area contributed by atoms with Gasteiger partial charge < -0.3 is 0 Å². The van der Waals surface area contributed by atoms with Gasteiger partial charge in [-0.15, -0.1) is 0 Å². The molecule has 0 heteroatoms. The van der Waals surface area contributed by atoms with Gasteiger partial charge >= 0.3 is 0 Å². The van der Waals surface area contributed by atoms with Gasteiger partial charge in [0.25, 0.3) is 0 Å². The number of hydrogen-bond acceptors (Lipinski definition) is 0. The summed E-state index contributed by atoms with van der Waals surface area (Å²) in [4.78, 5) is 0. The van der Waals surface area contributed by atoms with Crippen LogP contribution in [0.3, 0.4) is 0 Å². The fourth-order valence-electron chi connectivity index (χ4n) is 5.37. The number of unbranched alkanes of at least 4 members (excludes halogenated alkanes) is 5. The molecule has 160 valence electrons. The van der Waals surface area contributed by atoms with Crippen molar-refractivity contribution in [2.24, 2.45) is 17.8 Å². The molecule has 0 saturated heterocycles. The predicted molar refractivity (Wildman–Crippen MR) is 126 cm³/mol. The maximum Gasteiger partial charge on any atom is -0.0162 e. The maximum atomic E-state index is 2.44. The summed E-state index contributed by atoms with van der Waals surface area (Å²) in [7, 11) is 0. The van der Waals surface area contributed by atoms with Crippen LogP contribution in [0.1, 0.15) is 128 Å². The molecule has 0 atom stereocenters. The number of benzene rings is 1. The quantitative estimate of drug-likeness (QED) is 0.410. The molecule has 2 aliphatic rings. The van der Waals surface area contributed by atoms with E-state index in [1.165, 1.54) is 95.5 Å². The van der Waals surface area contributed by atoms with E-state index in [4.69, 9.17) is 0 Å². The molecular weight excluding hydrogens is 336 g/mol. The summed E-state index contributed by atoms with van der Waals surface area (Å²) in [5.74, 6) is 3.94. The van der Waals surface area contributed by atoms with E-state index >= 15 is 0 Å². The second kappa shape index (κ2) is 13.4. The van der Waals surface area contributed by atoms with Gasteiger partial charge in [-0.2, -0.15) is 0 Å². The van der Waals surface area contributed by atoms with Gasteiger partial charge in [-0.25, -0.2) is 0 Å². The lowest BCUT2D eigenvalue weighted by Crippen LogP contribution is -2.24. The SMILES string of the molecule is CCCCCCCC.Cc1ccc(C2CCC(C3CCC(C)CC3)CC2)cc1. The highest BCUT2D eigenvalue weighted by atomic mass is 14.4. The lowest BCUT2D eigenvalue weighted by atomic mass is 9.68. The maximum absolute atomic E-state index is 2.44. The average Bonchev–Trinajstić information content (AvgIpc) is 2.73. The molecule has 2 aliphatic carbocycles. The van der Waals surface area contributed by atoms with Crippen LogP contribution in [0.25, 0.3) is 0 Å². The highest BCUT2D eigenvalue weighted by Crippen LogP contribution is 2.43. The minimum Gasteiger partial charge on any atom is -0.0654 e. The van der Waals surface area contributed by atoms with Gasteiger partial charge in [0.1, 0.15) is 0 Å². The molecule has 2 fully saturated rings. The van der Waals surface area contributed by atoms with Crippen LogP contribution in [0.4, 0.5) is 0 Å². The molecule has 2 saturated carbocycles. The first-order chi connectivity index (χ1) is 13.6. The van der Waals surface area contributed by atoms with Crippen molar-refractivity contribution in [3.05, 3.63) is 35.4 Å².